The number of pyridine rings is 1. The van der Waals surface area contributed by atoms with Crippen molar-refractivity contribution in [3.63, 3.8) is 0 Å². The summed E-state index contributed by atoms with van der Waals surface area (Å²) in [4.78, 5) is 19.4. The van der Waals surface area contributed by atoms with Gasteiger partial charge in [0.05, 0.1) is 24.2 Å². The van der Waals surface area contributed by atoms with E-state index in [-0.39, 0.29) is 0 Å². The number of aromatic nitrogens is 1. The number of carbonyl (C=O) groups is 1. The molecule has 122 valence electrons. The second kappa shape index (κ2) is 6.73. The van der Waals surface area contributed by atoms with Crippen LogP contribution in [0.3, 0.4) is 0 Å². The highest BCUT2D eigenvalue weighted by Gasteiger charge is 2.27. The lowest BCUT2D eigenvalue weighted by Crippen LogP contribution is -2.35. The van der Waals surface area contributed by atoms with Gasteiger partial charge >= 0.3 is 5.97 Å². The van der Waals surface area contributed by atoms with Gasteiger partial charge in [-0.05, 0) is 31.1 Å². The van der Waals surface area contributed by atoms with Gasteiger partial charge in [-0.25, -0.2) is 9.78 Å². The highest BCUT2D eigenvalue weighted by atomic mass is 16.4. The van der Waals surface area contributed by atoms with Gasteiger partial charge in [0.15, 0.2) is 0 Å². The molecule has 0 unspecified atom stereocenters. The van der Waals surface area contributed by atoms with Crippen LogP contribution in [0.25, 0.3) is 0 Å². The van der Waals surface area contributed by atoms with E-state index < -0.39 is 5.97 Å². The van der Waals surface area contributed by atoms with Gasteiger partial charge in [-0.2, -0.15) is 0 Å². The molecule has 1 saturated carbocycles. The van der Waals surface area contributed by atoms with E-state index >= 15 is 0 Å². The van der Waals surface area contributed by atoms with Crippen molar-refractivity contribution in [1.29, 1.82) is 0 Å². The number of carboxylic acids is 1. The topological polar surface area (TPSA) is 82.7 Å². The highest BCUT2D eigenvalue weighted by Crippen LogP contribution is 2.31. The lowest BCUT2D eigenvalue weighted by Gasteiger charge is -2.32. The first-order chi connectivity index (χ1) is 11.1. The van der Waals surface area contributed by atoms with Crippen LogP contribution >= 0.6 is 0 Å². The average Bonchev–Trinajstić information content (AvgIpc) is 2.99. The van der Waals surface area contributed by atoms with Crippen molar-refractivity contribution >= 4 is 17.5 Å². The van der Waals surface area contributed by atoms with Crippen LogP contribution in [0.15, 0.2) is 42.4 Å². The number of hydrogen-bond acceptors (Lipinski definition) is 5. The van der Waals surface area contributed by atoms with Gasteiger partial charge in [0.1, 0.15) is 5.82 Å². The number of carboxylic acid groups (broad SMARTS) is 1. The number of aliphatic carboxylic acids is 1. The number of rotatable bonds is 4. The summed E-state index contributed by atoms with van der Waals surface area (Å²) < 4.78 is 0. The fourth-order valence-electron chi connectivity index (χ4n) is 3.24. The third-order valence-corrected chi connectivity index (χ3v) is 4.44. The van der Waals surface area contributed by atoms with Crippen LogP contribution < -0.4 is 10.6 Å². The smallest absolute Gasteiger partial charge is 0.328 e. The fraction of sp³-hybridized carbons (Fsp3) is 0.412. The minimum atomic E-state index is -0.947. The first-order valence-corrected chi connectivity index (χ1v) is 8.01. The Labute approximate surface area is 135 Å². The van der Waals surface area contributed by atoms with Gasteiger partial charge in [0.2, 0.25) is 0 Å². The summed E-state index contributed by atoms with van der Waals surface area (Å²) in [5.74, 6) is -0.471. The molecule has 0 atom stereocenters. The lowest BCUT2D eigenvalue weighted by molar-refractivity contribution is -0.131. The largest absolute Gasteiger partial charge is 0.478 e. The molecule has 3 rings (SSSR count). The Morgan fingerprint density at radius 2 is 2.09 bits per heavy atom. The van der Waals surface area contributed by atoms with Crippen LogP contribution in [0.2, 0.25) is 0 Å². The van der Waals surface area contributed by atoms with Crippen LogP contribution in [0.4, 0.5) is 11.5 Å². The number of nitrogens with two attached hydrogens (primary N) is 1. The third-order valence-electron chi connectivity index (χ3n) is 4.44. The molecular weight excluding hydrogens is 292 g/mol. The second-order valence-electron chi connectivity index (χ2n) is 6.04. The van der Waals surface area contributed by atoms with Gasteiger partial charge in [0, 0.05) is 18.3 Å². The van der Waals surface area contributed by atoms with E-state index in [1.165, 1.54) is 38.2 Å². The molecule has 6 nitrogen and oxygen atoms in total. The maximum absolute atomic E-state index is 10.9. The number of anilines is 2. The predicted octanol–water partition coefficient (Wildman–Crippen LogP) is 2.56. The number of allylic oxidation sites excluding steroid dienone is 1. The van der Waals surface area contributed by atoms with Gasteiger partial charge in [-0.15, -0.1) is 0 Å². The Hall–Kier alpha value is -2.50. The highest BCUT2D eigenvalue weighted by molar-refractivity contribution is 5.80. The summed E-state index contributed by atoms with van der Waals surface area (Å²) in [6.07, 6.45) is 12.8. The molecule has 1 fully saturated rings. The quantitative estimate of drug-likeness (QED) is 0.831. The Balaban J connectivity index is 1.83. The van der Waals surface area contributed by atoms with E-state index in [9.17, 15) is 4.79 Å². The van der Waals surface area contributed by atoms with Crippen LogP contribution in [0.1, 0.15) is 32.1 Å². The normalized spacial score (nSPS) is 19.4. The van der Waals surface area contributed by atoms with Crippen molar-refractivity contribution in [2.45, 2.75) is 38.1 Å². The maximum atomic E-state index is 10.9. The molecule has 3 N–H and O–H groups in total. The zero-order valence-electron chi connectivity index (χ0n) is 13.1. The van der Waals surface area contributed by atoms with Crippen LogP contribution in [-0.4, -0.2) is 33.7 Å². The molecule has 1 aliphatic carbocycles. The first-order valence-electron chi connectivity index (χ1n) is 8.01. The van der Waals surface area contributed by atoms with Crippen LogP contribution in [0.5, 0.6) is 0 Å². The van der Waals surface area contributed by atoms with Gasteiger partial charge in [-0.3, -0.25) is 0 Å². The summed E-state index contributed by atoms with van der Waals surface area (Å²) in [5.41, 5.74) is 7.44. The van der Waals surface area contributed by atoms with E-state index in [1.807, 2.05) is 6.07 Å². The van der Waals surface area contributed by atoms with E-state index in [0.29, 0.717) is 11.9 Å². The zero-order valence-corrected chi connectivity index (χ0v) is 13.1. The predicted molar refractivity (Wildman–Crippen MR) is 89.6 cm³/mol. The summed E-state index contributed by atoms with van der Waals surface area (Å²) >= 11 is 0. The van der Waals surface area contributed by atoms with Crippen molar-refractivity contribution in [2.24, 2.45) is 0 Å². The van der Waals surface area contributed by atoms with Crippen LogP contribution in [-0.2, 0) is 4.79 Å². The Morgan fingerprint density at radius 3 is 2.74 bits per heavy atom. The Kier molecular flexibility index (Phi) is 4.50. The SMILES string of the molecule is Nc1ccc(N2CN(C3CCCCC3)C=C2/C=C\C(=O)O)cn1. The van der Waals surface area contributed by atoms with E-state index in [2.05, 4.69) is 21.0 Å². The molecule has 0 saturated heterocycles. The third kappa shape index (κ3) is 3.64. The molecular formula is C17H22N4O2. The van der Waals surface area contributed by atoms with Crippen molar-refractivity contribution in [2.75, 3.05) is 17.3 Å². The lowest BCUT2D eigenvalue weighted by atomic mass is 9.95. The molecule has 23 heavy (non-hydrogen) atoms. The maximum Gasteiger partial charge on any atom is 0.328 e. The molecule has 1 aromatic rings. The van der Waals surface area contributed by atoms with Crippen molar-refractivity contribution in [3.8, 4) is 0 Å². The summed E-state index contributed by atoms with van der Waals surface area (Å²) in [5, 5.41) is 8.91. The number of nitrogen functional groups attached to an aromatic ring is 1. The molecule has 0 bridgehead atoms. The number of nitrogens with zero attached hydrogens (tertiary/aromatic N) is 3. The molecule has 2 aliphatic rings. The van der Waals surface area contributed by atoms with E-state index in [0.717, 1.165) is 18.1 Å². The van der Waals surface area contributed by atoms with E-state index in [4.69, 9.17) is 10.8 Å². The molecule has 0 spiro atoms. The summed E-state index contributed by atoms with van der Waals surface area (Å²) in [6, 6.07) is 4.20. The number of hydrogen-bond donors (Lipinski definition) is 2. The minimum Gasteiger partial charge on any atom is -0.478 e. The summed E-state index contributed by atoms with van der Waals surface area (Å²) in [7, 11) is 0. The van der Waals surface area contributed by atoms with Gasteiger partial charge < -0.3 is 20.6 Å². The van der Waals surface area contributed by atoms with Crippen molar-refractivity contribution in [3.05, 3.63) is 42.4 Å². The molecule has 2 heterocycles. The van der Waals surface area contributed by atoms with E-state index in [1.54, 1.807) is 18.3 Å². The van der Waals surface area contributed by atoms with Crippen LogP contribution in [0, 0.1) is 0 Å². The van der Waals surface area contributed by atoms with Gasteiger partial charge in [-0.1, -0.05) is 19.3 Å². The van der Waals surface area contributed by atoms with Gasteiger partial charge in [0.25, 0.3) is 0 Å². The molecule has 1 aliphatic heterocycles. The minimum absolute atomic E-state index is 0.476. The Morgan fingerprint density at radius 1 is 1.30 bits per heavy atom. The fourth-order valence-corrected chi connectivity index (χ4v) is 3.24. The molecule has 1 aromatic heterocycles. The molecule has 6 heteroatoms. The van der Waals surface area contributed by atoms with Crippen molar-refractivity contribution < 1.29 is 9.90 Å². The first kappa shape index (κ1) is 15.4. The monoisotopic (exact) mass is 314 g/mol. The standard InChI is InChI=1S/C17H22N4O2/c18-16-8-6-14(10-19-16)21-12-20(13-4-2-1-3-5-13)11-15(21)7-9-17(22)23/h6-11,13H,1-5,12H2,(H2,18,19)(H,22,23)/b9-7-. The molecule has 0 radical (unpaired) electrons. The average molecular weight is 314 g/mol. The summed E-state index contributed by atoms with van der Waals surface area (Å²) in [6.45, 7) is 0.718. The Bertz CT molecular complexity index is 618. The molecule has 0 amide bonds. The molecule has 0 aromatic carbocycles. The second-order valence-corrected chi connectivity index (χ2v) is 6.04. The zero-order chi connectivity index (χ0) is 16.2. The van der Waals surface area contributed by atoms with Crippen molar-refractivity contribution in [1.82, 2.24) is 9.88 Å².